The fourth-order valence-corrected chi connectivity index (χ4v) is 4.12. The van der Waals surface area contributed by atoms with Crippen LogP contribution >= 0.6 is 0 Å². The van der Waals surface area contributed by atoms with Crippen molar-refractivity contribution in [2.45, 2.75) is 27.2 Å². The van der Waals surface area contributed by atoms with Crippen molar-refractivity contribution < 1.29 is 4.74 Å². The van der Waals surface area contributed by atoms with E-state index in [1.54, 1.807) is 7.11 Å². The molecule has 3 rings (SSSR count). The molecule has 1 N–H and O–H groups in total. The lowest BCUT2D eigenvalue weighted by molar-refractivity contribution is 0.316. The topological polar surface area (TPSA) is 24.5 Å². The molecule has 0 radical (unpaired) electrons. The number of nitrogens with zero attached hydrogens (tertiary/aromatic N) is 1. The Hall–Kier alpha value is -3.04. The van der Waals surface area contributed by atoms with Crippen LogP contribution in [-0.4, -0.2) is 38.2 Å². The van der Waals surface area contributed by atoms with Crippen molar-refractivity contribution in [1.29, 1.82) is 0 Å². The first-order valence-electron chi connectivity index (χ1n) is 11.7. The third kappa shape index (κ3) is 6.02. The molecule has 0 atom stereocenters. The first kappa shape index (κ1) is 23.6. The van der Waals surface area contributed by atoms with Crippen LogP contribution < -0.4 is 10.1 Å². The summed E-state index contributed by atoms with van der Waals surface area (Å²) in [5, 5.41) is 3.62. The van der Waals surface area contributed by atoms with Crippen molar-refractivity contribution in [3.63, 3.8) is 0 Å². The van der Waals surface area contributed by atoms with E-state index in [0.29, 0.717) is 0 Å². The second kappa shape index (κ2) is 12.1. The van der Waals surface area contributed by atoms with Crippen LogP contribution in [0.4, 0.5) is 5.69 Å². The molecule has 0 aromatic heterocycles. The molecule has 0 aliphatic carbocycles. The van der Waals surface area contributed by atoms with Gasteiger partial charge in [0.25, 0.3) is 0 Å². The molecule has 0 amide bonds. The number of allylic oxidation sites excluding steroid dienone is 1. The number of benzene rings is 3. The molecule has 0 fully saturated rings. The van der Waals surface area contributed by atoms with Gasteiger partial charge in [0.15, 0.2) is 0 Å². The number of anilines is 1. The highest BCUT2D eigenvalue weighted by atomic mass is 16.5. The summed E-state index contributed by atoms with van der Waals surface area (Å²) in [7, 11) is 1.71. The van der Waals surface area contributed by atoms with Crippen LogP contribution in [0.15, 0.2) is 78.9 Å². The highest BCUT2D eigenvalue weighted by Crippen LogP contribution is 2.35. The van der Waals surface area contributed by atoms with Gasteiger partial charge in [0.2, 0.25) is 0 Å². The quantitative estimate of drug-likeness (QED) is 0.339. The summed E-state index contributed by atoms with van der Waals surface area (Å²) in [6.07, 6.45) is 0.941. The molecule has 0 spiro atoms. The van der Waals surface area contributed by atoms with Crippen molar-refractivity contribution in [2.24, 2.45) is 0 Å². The van der Waals surface area contributed by atoms with Gasteiger partial charge in [-0.1, -0.05) is 75.4 Å². The maximum atomic E-state index is 5.37. The molecule has 168 valence electrons. The van der Waals surface area contributed by atoms with Crippen molar-refractivity contribution in [3.8, 4) is 5.75 Å². The second-order valence-electron chi connectivity index (χ2n) is 7.84. The Bertz CT molecular complexity index is 989. The maximum absolute atomic E-state index is 5.37. The molecule has 0 aliphatic rings. The number of hydrogen-bond acceptors (Lipinski definition) is 3. The highest BCUT2D eigenvalue weighted by Gasteiger charge is 2.13. The fraction of sp³-hybridized carbons (Fsp3) is 0.310. The Morgan fingerprint density at radius 1 is 0.781 bits per heavy atom. The van der Waals surface area contributed by atoms with Gasteiger partial charge >= 0.3 is 0 Å². The van der Waals surface area contributed by atoms with Crippen molar-refractivity contribution in [1.82, 2.24) is 4.90 Å². The zero-order chi connectivity index (χ0) is 22.8. The molecule has 0 aliphatic heterocycles. The smallest absolute Gasteiger partial charge is 0.118 e. The van der Waals surface area contributed by atoms with Gasteiger partial charge in [-0.25, -0.2) is 0 Å². The lowest BCUT2D eigenvalue weighted by Gasteiger charge is -2.20. The van der Waals surface area contributed by atoms with Crippen LogP contribution in [0.5, 0.6) is 5.75 Å². The Morgan fingerprint density at radius 2 is 1.47 bits per heavy atom. The molecule has 3 aromatic carbocycles. The molecule has 0 bridgehead atoms. The van der Waals surface area contributed by atoms with Gasteiger partial charge in [-0.05, 0) is 71.6 Å². The lowest BCUT2D eigenvalue weighted by Crippen LogP contribution is -2.28. The van der Waals surface area contributed by atoms with E-state index >= 15 is 0 Å². The van der Waals surface area contributed by atoms with Crippen molar-refractivity contribution in [2.75, 3.05) is 38.6 Å². The molecular weight excluding hydrogens is 392 g/mol. The number of likely N-dealkylation sites (N-methyl/N-ethyl adjacent to an activating group) is 1. The predicted molar refractivity (Wildman–Crippen MR) is 138 cm³/mol. The monoisotopic (exact) mass is 428 g/mol. The van der Waals surface area contributed by atoms with Gasteiger partial charge in [0.05, 0.1) is 7.11 Å². The Kier molecular flexibility index (Phi) is 8.94. The minimum absolute atomic E-state index is 0.880. The summed E-state index contributed by atoms with van der Waals surface area (Å²) in [4.78, 5) is 2.44. The van der Waals surface area contributed by atoms with Crippen LogP contribution in [-0.2, 0) is 0 Å². The second-order valence-corrected chi connectivity index (χ2v) is 7.84. The molecule has 0 saturated heterocycles. The summed E-state index contributed by atoms with van der Waals surface area (Å²) < 4.78 is 5.37. The molecule has 3 nitrogen and oxygen atoms in total. The van der Waals surface area contributed by atoms with E-state index in [0.717, 1.165) is 44.0 Å². The van der Waals surface area contributed by atoms with Gasteiger partial charge in [0, 0.05) is 18.8 Å². The van der Waals surface area contributed by atoms with Gasteiger partial charge in [-0.2, -0.15) is 0 Å². The van der Waals surface area contributed by atoms with Crippen LogP contribution in [0.25, 0.3) is 11.1 Å². The normalized spacial score (nSPS) is 11.9. The first-order valence-corrected chi connectivity index (χ1v) is 11.7. The average Bonchev–Trinajstić information content (AvgIpc) is 2.86. The van der Waals surface area contributed by atoms with E-state index in [1.165, 1.54) is 27.8 Å². The minimum atomic E-state index is 0.880. The van der Waals surface area contributed by atoms with Gasteiger partial charge in [0.1, 0.15) is 5.75 Å². The minimum Gasteiger partial charge on any atom is -0.497 e. The zero-order valence-corrected chi connectivity index (χ0v) is 19.9. The molecule has 0 unspecified atom stereocenters. The fourth-order valence-electron chi connectivity index (χ4n) is 4.12. The van der Waals surface area contributed by atoms with Crippen LogP contribution in [0.1, 0.15) is 43.9 Å². The molecule has 0 heterocycles. The van der Waals surface area contributed by atoms with Gasteiger partial charge in [-0.15, -0.1) is 0 Å². The first-order chi connectivity index (χ1) is 15.7. The summed E-state index contributed by atoms with van der Waals surface area (Å²) in [6.45, 7) is 10.8. The number of ether oxygens (including phenoxy) is 1. The van der Waals surface area contributed by atoms with Gasteiger partial charge < -0.3 is 15.0 Å². The van der Waals surface area contributed by atoms with Crippen molar-refractivity contribution >= 4 is 16.8 Å². The Labute approximate surface area is 193 Å². The lowest BCUT2D eigenvalue weighted by atomic mass is 9.88. The van der Waals surface area contributed by atoms with Gasteiger partial charge in [-0.3, -0.25) is 0 Å². The van der Waals surface area contributed by atoms with Crippen molar-refractivity contribution in [3.05, 3.63) is 95.6 Å². The largest absolute Gasteiger partial charge is 0.497 e. The summed E-state index contributed by atoms with van der Waals surface area (Å²) in [5.74, 6) is 0.880. The predicted octanol–water partition coefficient (Wildman–Crippen LogP) is 6.82. The highest BCUT2D eigenvalue weighted by molar-refractivity contribution is 5.99. The molecule has 0 saturated carbocycles. The number of rotatable bonds is 11. The maximum Gasteiger partial charge on any atom is 0.118 e. The molecular formula is C29H36N2O. The van der Waals surface area contributed by atoms with E-state index in [9.17, 15) is 0 Å². The summed E-state index contributed by atoms with van der Waals surface area (Å²) in [5.41, 5.74) is 7.47. The number of hydrogen-bond donors (Lipinski definition) is 1. The molecule has 32 heavy (non-hydrogen) atoms. The molecule has 3 heteroatoms. The van der Waals surface area contributed by atoms with Crippen LogP contribution in [0, 0.1) is 0 Å². The van der Waals surface area contributed by atoms with E-state index in [2.05, 4.69) is 97.7 Å². The van der Waals surface area contributed by atoms with E-state index < -0.39 is 0 Å². The van der Waals surface area contributed by atoms with E-state index in [-0.39, 0.29) is 0 Å². The summed E-state index contributed by atoms with van der Waals surface area (Å²) >= 11 is 0. The Morgan fingerprint density at radius 3 is 2.09 bits per heavy atom. The standard InChI is InChI=1S/C29H36N2O/c1-5-28(23-16-18-27(32-4)19-17-23)29(24-12-9-8-10-13-24)25-14-11-15-26(22-25)30-20-21-31(6-2)7-3/h8-19,22,30H,5-7,20-21H2,1-4H3. The van der Waals surface area contributed by atoms with Crippen LogP contribution in [0.3, 0.4) is 0 Å². The van der Waals surface area contributed by atoms with E-state index in [1.807, 2.05) is 12.1 Å². The number of nitrogens with one attached hydrogen (secondary N) is 1. The Balaban J connectivity index is 2.00. The SMILES string of the molecule is CCC(=C(c1ccccc1)c1cccc(NCCN(CC)CC)c1)c1ccc(OC)cc1. The summed E-state index contributed by atoms with van der Waals surface area (Å²) in [6, 6.07) is 27.9. The third-order valence-corrected chi connectivity index (χ3v) is 5.96. The van der Waals surface area contributed by atoms with E-state index in [4.69, 9.17) is 4.74 Å². The zero-order valence-electron chi connectivity index (χ0n) is 19.9. The molecule has 3 aromatic rings. The third-order valence-electron chi connectivity index (χ3n) is 5.96. The van der Waals surface area contributed by atoms with Crippen LogP contribution in [0.2, 0.25) is 0 Å². The number of methoxy groups -OCH3 is 1. The average molecular weight is 429 g/mol.